The number of amides is 3. The number of urea groups is 1. The molecule has 0 spiro atoms. The van der Waals surface area contributed by atoms with Gasteiger partial charge in [0, 0.05) is 15.9 Å². The monoisotopic (exact) mass is 399 g/mol. The van der Waals surface area contributed by atoms with E-state index in [1.807, 2.05) is 55.5 Å². The van der Waals surface area contributed by atoms with Crippen LogP contribution in [0.15, 0.2) is 64.3 Å². The molecule has 3 amide bonds. The summed E-state index contributed by atoms with van der Waals surface area (Å²) in [5, 5.41) is 8.42. The number of nitrogens with one attached hydrogen (secondary N) is 3. The van der Waals surface area contributed by atoms with Crippen molar-refractivity contribution in [1.29, 1.82) is 0 Å². The molecule has 0 radical (unpaired) electrons. The van der Waals surface area contributed by atoms with E-state index in [1.165, 1.54) is 0 Å². The zero-order valence-electron chi connectivity index (χ0n) is 13.9. The van der Waals surface area contributed by atoms with Gasteiger partial charge < -0.3 is 16.0 Å². The second-order valence-electron chi connectivity index (χ2n) is 5.95. The summed E-state index contributed by atoms with van der Waals surface area (Å²) in [6.45, 7) is 3.70. The molecule has 1 aliphatic rings. The lowest BCUT2D eigenvalue weighted by Gasteiger charge is -2.28. The van der Waals surface area contributed by atoms with E-state index in [2.05, 4.69) is 31.9 Å². The molecule has 0 aromatic heterocycles. The smallest absolute Gasteiger partial charge is 0.319 e. The number of rotatable bonds is 3. The number of benzene rings is 2. The molecule has 3 rings (SSSR count). The normalized spacial score (nSPS) is 16.9. The van der Waals surface area contributed by atoms with Crippen LogP contribution in [0.4, 0.5) is 10.5 Å². The Morgan fingerprint density at radius 3 is 2.52 bits per heavy atom. The molecule has 25 heavy (non-hydrogen) atoms. The summed E-state index contributed by atoms with van der Waals surface area (Å²) >= 11 is 3.40. The average molecular weight is 400 g/mol. The molecule has 0 saturated carbocycles. The topological polar surface area (TPSA) is 70.2 Å². The van der Waals surface area contributed by atoms with Gasteiger partial charge in [-0.3, -0.25) is 4.79 Å². The minimum absolute atomic E-state index is 0.247. The number of anilines is 1. The second kappa shape index (κ2) is 7.11. The molecule has 2 aromatic rings. The van der Waals surface area contributed by atoms with Crippen molar-refractivity contribution in [2.24, 2.45) is 0 Å². The summed E-state index contributed by atoms with van der Waals surface area (Å²) < 4.78 is 0.933. The predicted octanol–water partition coefficient (Wildman–Crippen LogP) is 4.02. The van der Waals surface area contributed by atoms with E-state index in [9.17, 15) is 9.59 Å². The van der Waals surface area contributed by atoms with Gasteiger partial charge in [0.05, 0.1) is 11.6 Å². The fourth-order valence-electron chi connectivity index (χ4n) is 2.82. The molecule has 0 fully saturated rings. The van der Waals surface area contributed by atoms with Crippen LogP contribution in [-0.4, -0.2) is 11.9 Å². The Morgan fingerprint density at radius 1 is 1.12 bits per heavy atom. The Bertz CT molecular complexity index is 859. The Labute approximate surface area is 154 Å². The van der Waals surface area contributed by atoms with Crippen LogP contribution in [-0.2, 0) is 4.79 Å². The Morgan fingerprint density at radius 2 is 1.84 bits per heavy atom. The maximum absolute atomic E-state index is 12.9. The molecular formula is C19H18BrN3O2. The van der Waals surface area contributed by atoms with E-state index in [1.54, 1.807) is 6.92 Å². The first kappa shape index (κ1) is 17.2. The van der Waals surface area contributed by atoms with Crippen molar-refractivity contribution in [3.63, 3.8) is 0 Å². The number of allylic oxidation sites excluding steroid dienone is 1. The zero-order valence-corrected chi connectivity index (χ0v) is 15.5. The van der Waals surface area contributed by atoms with E-state index in [0.717, 1.165) is 21.3 Å². The molecule has 1 atom stereocenters. The number of hydrogen-bond donors (Lipinski definition) is 3. The molecular weight excluding hydrogens is 382 g/mol. The molecule has 2 aromatic carbocycles. The quantitative estimate of drug-likeness (QED) is 0.728. The van der Waals surface area contributed by atoms with Crippen molar-refractivity contribution in [1.82, 2.24) is 10.6 Å². The number of carbonyl (C=O) groups excluding carboxylic acids is 2. The Hall–Kier alpha value is -2.60. The van der Waals surface area contributed by atoms with Crippen LogP contribution in [0, 0.1) is 6.92 Å². The van der Waals surface area contributed by atoms with E-state index in [0.29, 0.717) is 11.3 Å². The van der Waals surface area contributed by atoms with Gasteiger partial charge in [0.2, 0.25) is 0 Å². The van der Waals surface area contributed by atoms with Crippen LogP contribution >= 0.6 is 15.9 Å². The molecule has 0 saturated heterocycles. The molecule has 5 nitrogen and oxygen atoms in total. The summed E-state index contributed by atoms with van der Waals surface area (Å²) in [6, 6.07) is 14.3. The number of aryl methyl sites for hydroxylation is 1. The first-order valence-electron chi connectivity index (χ1n) is 7.86. The average Bonchev–Trinajstić information content (AvgIpc) is 2.54. The van der Waals surface area contributed by atoms with Crippen molar-refractivity contribution in [3.05, 3.63) is 75.4 Å². The lowest BCUT2D eigenvalue weighted by atomic mass is 9.95. The highest BCUT2D eigenvalue weighted by Gasteiger charge is 2.31. The standard InChI is InChI=1S/C19H18BrN3O2/c1-11-4-3-5-15(10-11)22-18(24)16-12(2)21-19(25)23-17(16)13-6-8-14(20)9-7-13/h3-10,17H,1-2H3,(H,22,24)(H2,21,23,25)/t17-/m0/s1. The highest BCUT2D eigenvalue weighted by molar-refractivity contribution is 9.10. The van der Waals surface area contributed by atoms with Gasteiger partial charge in [-0.25, -0.2) is 4.79 Å². The summed E-state index contributed by atoms with van der Waals surface area (Å²) in [7, 11) is 0. The van der Waals surface area contributed by atoms with Crippen molar-refractivity contribution in [2.45, 2.75) is 19.9 Å². The van der Waals surface area contributed by atoms with E-state index in [4.69, 9.17) is 0 Å². The largest absolute Gasteiger partial charge is 0.327 e. The van der Waals surface area contributed by atoms with Gasteiger partial charge in [-0.2, -0.15) is 0 Å². The Kier molecular flexibility index (Phi) is 4.90. The lowest BCUT2D eigenvalue weighted by Crippen LogP contribution is -2.45. The van der Waals surface area contributed by atoms with Crippen LogP contribution in [0.3, 0.4) is 0 Å². The van der Waals surface area contributed by atoms with Gasteiger partial charge in [-0.1, -0.05) is 40.2 Å². The lowest BCUT2D eigenvalue weighted by molar-refractivity contribution is -0.113. The second-order valence-corrected chi connectivity index (χ2v) is 6.86. The van der Waals surface area contributed by atoms with Crippen LogP contribution in [0.2, 0.25) is 0 Å². The summed E-state index contributed by atoms with van der Waals surface area (Å²) in [6.07, 6.45) is 0. The van der Waals surface area contributed by atoms with Gasteiger partial charge in [-0.05, 0) is 49.2 Å². The molecule has 3 N–H and O–H groups in total. The molecule has 0 unspecified atom stereocenters. The molecule has 0 bridgehead atoms. The van der Waals surface area contributed by atoms with Crippen molar-refractivity contribution < 1.29 is 9.59 Å². The highest BCUT2D eigenvalue weighted by Crippen LogP contribution is 2.28. The summed E-state index contributed by atoms with van der Waals surface area (Å²) in [5.74, 6) is -0.247. The van der Waals surface area contributed by atoms with E-state index < -0.39 is 6.04 Å². The molecule has 0 aliphatic carbocycles. The maximum Gasteiger partial charge on any atom is 0.319 e. The summed E-state index contributed by atoms with van der Waals surface area (Å²) in [4.78, 5) is 24.8. The number of hydrogen-bond acceptors (Lipinski definition) is 2. The molecule has 128 valence electrons. The van der Waals surface area contributed by atoms with Gasteiger partial charge >= 0.3 is 6.03 Å². The van der Waals surface area contributed by atoms with Gasteiger partial charge in [0.1, 0.15) is 0 Å². The van der Waals surface area contributed by atoms with Gasteiger partial charge in [-0.15, -0.1) is 0 Å². The number of carbonyl (C=O) groups is 2. The predicted molar refractivity (Wildman–Crippen MR) is 101 cm³/mol. The van der Waals surface area contributed by atoms with Crippen molar-refractivity contribution in [2.75, 3.05) is 5.32 Å². The zero-order chi connectivity index (χ0) is 18.0. The molecule has 6 heteroatoms. The maximum atomic E-state index is 12.9. The van der Waals surface area contributed by atoms with E-state index >= 15 is 0 Å². The third-order valence-corrected chi connectivity index (χ3v) is 4.52. The van der Waals surface area contributed by atoms with Crippen LogP contribution in [0.1, 0.15) is 24.1 Å². The fraction of sp³-hybridized carbons (Fsp3) is 0.158. The van der Waals surface area contributed by atoms with Crippen molar-refractivity contribution in [3.8, 4) is 0 Å². The minimum Gasteiger partial charge on any atom is -0.327 e. The third-order valence-electron chi connectivity index (χ3n) is 3.99. The van der Waals surface area contributed by atoms with E-state index in [-0.39, 0.29) is 11.9 Å². The Balaban J connectivity index is 1.94. The van der Waals surface area contributed by atoms with Gasteiger partial charge in [0.25, 0.3) is 5.91 Å². The molecule has 1 aliphatic heterocycles. The first-order valence-corrected chi connectivity index (χ1v) is 8.65. The first-order chi connectivity index (χ1) is 11.9. The fourth-order valence-corrected chi connectivity index (χ4v) is 3.09. The molecule has 1 heterocycles. The van der Waals surface area contributed by atoms with Gasteiger partial charge in [0.15, 0.2) is 0 Å². The highest BCUT2D eigenvalue weighted by atomic mass is 79.9. The SMILES string of the molecule is CC1=C(C(=O)Nc2cccc(C)c2)[C@H](c2ccc(Br)cc2)NC(=O)N1. The van der Waals surface area contributed by atoms with Crippen LogP contribution < -0.4 is 16.0 Å². The number of halogens is 1. The summed E-state index contributed by atoms with van der Waals surface area (Å²) in [5.41, 5.74) is 3.65. The van der Waals surface area contributed by atoms with Crippen LogP contribution in [0.25, 0.3) is 0 Å². The third kappa shape index (κ3) is 3.91. The van der Waals surface area contributed by atoms with Crippen molar-refractivity contribution >= 4 is 33.6 Å². The minimum atomic E-state index is -0.508. The van der Waals surface area contributed by atoms with Crippen LogP contribution in [0.5, 0.6) is 0 Å².